The zero-order chi connectivity index (χ0) is 15.9. The van der Waals surface area contributed by atoms with E-state index in [1.807, 2.05) is 36.0 Å². The first-order chi connectivity index (χ1) is 10.7. The van der Waals surface area contributed by atoms with Gasteiger partial charge in [-0.1, -0.05) is 12.1 Å². The van der Waals surface area contributed by atoms with Gasteiger partial charge in [0.1, 0.15) is 0 Å². The molecule has 0 radical (unpaired) electrons. The highest BCUT2D eigenvalue weighted by Crippen LogP contribution is 2.31. The first-order valence-electron chi connectivity index (χ1n) is 7.17. The standard InChI is InChI=1S/C16H23N3O3/c1-18-12-17-9-14(18)11-19(7-8-20)10-13-5-4-6-15(21-2)16(13)22-3/h4-6,9,12,20H,7-8,10-11H2,1-3H3. The molecule has 0 aliphatic carbocycles. The van der Waals surface area contributed by atoms with Gasteiger partial charge in [-0.05, 0) is 6.07 Å². The fourth-order valence-electron chi connectivity index (χ4n) is 2.44. The summed E-state index contributed by atoms with van der Waals surface area (Å²) in [6, 6.07) is 5.83. The number of aryl methyl sites for hydroxylation is 1. The minimum atomic E-state index is 0.101. The molecular formula is C16H23N3O3. The lowest BCUT2D eigenvalue weighted by molar-refractivity contribution is 0.180. The van der Waals surface area contributed by atoms with Crippen LogP contribution in [-0.2, 0) is 20.1 Å². The van der Waals surface area contributed by atoms with Crippen molar-refractivity contribution in [3.05, 3.63) is 42.0 Å². The van der Waals surface area contributed by atoms with Crippen LogP contribution in [0.3, 0.4) is 0 Å². The van der Waals surface area contributed by atoms with Crippen molar-refractivity contribution >= 4 is 0 Å². The van der Waals surface area contributed by atoms with E-state index in [0.29, 0.717) is 25.4 Å². The van der Waals surface area contributed by atoms with Gasteiger partial charge in [0.15, 0.2) is 11.5 Å². The van der Waals surface area contributed by atoms with Crippen LogP contribution in [0.1, 0.15) is 11.3 Å². The van der Waals surface area contributed by atoms with Crippen molar-refractivity contribution in [3.63, 3.8) is 0 Å². The van der Waals surface area contributed by atoms with E-state index in [-0.39, 0.29) is 6.61 Å². The number of hydrogen-bond donors (Lipinski definition) is 1. The van der Waals surface area contributed by atoms with Crippen molar-refractivity contribution in [2.24, 2.45) is 7.05 Å². The molecule has 0 unspecified atom stereocenters. The Hall–Kier alpha value is -2.05. The topological polar surface area (TPSA) is 59.8 Å². The lowest BCUT2D eigenvalue weighted by Crippen LogP contribution is -2.27. The van der Waals surface area contributed by atoms with E-state index in [1.165, 1.54) is 0 Å². The van der Waals surface area contributed by atoms with Gasteiger partial charge in [0.05, 0.1) is 32.8 Å². The predicted molar refractivity (Wildman–Crippen MR) is 84.0 cm³/mol. The maximum Gasteiger partial charge on any atom is 0.165 e. The van der Waals surface area contributed by atoms with Gasteiger partial charge in [0.2, 0.25) is 0 Å². The molecule has 1 heterocycles. The number of aromatic nitrogens is 2. The molecule has 0 fully saturated rings. The molecule has 0 bridgehead atoms. The van der Waals surface area contributed by atoms with Crippen molar-refractivity contribution in [1.82, 2.24) is 14.5 Å². The van der Waals surface area contributed by atoms with E-state index in [2.05, 4.69) is 9.88 Å². The van der Waals surface area contributed by atoms with Crippen LogP contribution in [0.25, 0.3) is 0 Å². The molecule has 1 N–H and O–H groups in total. The van der Waals surface area contributed by atoms with Crippen molar-refractivity contribution in [2.75, 3.05) is 27.4 Å². The third kappa shape index (κ3) is 3.78. The fourth-order valence-corrected chi connectivity index (χ4v) is 2.44. The number of methoxy groups -OCH3 is 2. The van der Waals surface area contributed by atoms with Crippen molar-refractivity contribution in [3.8, 4) is 11.5 Å². The molecule has 0 saturated carbocycles. The minimum Gasteiger partial charge on any atom is -0.493 e. The lowest BCUT2D eigenvalue weighted by Gasteiger charge is -2.23. The second-order valence-corrected chi connectivity index (χ2v) is 5.08. The fraction of sp³-hybridized carbons (Fsp3) is 0.438. The van der Waals surface area contributed by atoms with Crippen LogP contribution < -0.4 is 9.47 Å². The van der Waals surface area contributed by atoms with E-state index in [1.54, 1.807) is 20.5 Å². The summed E-state index contributed by atoms with van der Waals surface area (Å²) >= 11 is 0. The third-order valence-corrected chi connectivity index (χ3v) is 3.60. The van der Waals surface area contributed by atoms with Gasteiger partial charge >= 0.3 is 0 Å². The molecule has 0 atom stereocenters. The molecule has 0 aliphatic heterocycles. The molecular weight excluding hydrogens is 282 g/mol. The van der Waals surface area contributed by atoms with Crippen LogP contribution in [0.15, 0.2) is 30.7 Å². The summed E-state index contributed by atoms with van der Waals surface area (Å²) in [5.41, 5.74) is 2.12. The zero-order valence-corrected chi connectivity index (χ0v) is 13.3. The van der Waals surface area contributed by atoms with E-state index >= 15 is 0 Å². The average molecular weight is 305 g/mol. The predicted octanol–water partition coefficient (Wildman–Crippen LogP) is 1.43. The molecule has 2 aromatic rings. The summed E-state index contributed by atoms with van der Waals surface area (Å²) < 4.78 is 12.8. The van der Waals surface area contributed by atoms with Crippen LogP contribution in [0, 0.1) is 0 Å². The SMILES string of the molecule is COc1cccc(CN(CCO)Cc2cncn2C)c1OC. The number of para-hydroxylation sites is 1. The van der Waals surface area contributed by atoms with Crippen LogP contribution in [-0.4, -0.2) is 46.9 Å². The van der Waals surface area contributed by atoms with Gasteiger partial charge in [-0.2, -0.15) is 0 Å². The van der Waals surface area contributed by atoms with Gasteiger partial charge < -0.3 is 19.1 Å². The number of hydrogen-bond acceptors (Lipinski definition) is 5. The second kappa shape index (κ2) is 7.82. The monoisotopic (exact) mass is 305 g/mol. The summed E-state index contributed by atoms with van der Waals surface area (Å²) in [4.78, 5) is 6.28. The second-order valence-electron chi connectivity index (χ2n) is 5.08. The van der Waals surface area contributed by atoms with Gasteiger partial charge in [0, 0.05) is 38.4 Å². The number of imidazole rings is 1. The van der Waals surface area contributed by atoms with Crippen LogP contribution in [0.5, 0.6) is 11.5 Å². The molecule has 120 valence electrons. The van der Waals surface area contributed by atoms with E-state index in [9.17, 15) is 5.11 Å². The van der Waals surface area contributed by atoms with Gasteiger partial charge in [-0.25, -0.2) is 4.98 Å². The number of ether oxygens (including phenoxy) is 2. The smallest absolute Gasteiger partial charge is 0.165 e. The lowest BCUT2D eigenvalue weighted by atomic mass is 10.1. The Morgan fingerprint density at radius 1 is 1.23 bits per heavy atom. The summed E-state index contributed by atoms with van der Waals surface area (Å²) in [5.74, 6) is 1.45. The minimum absolute atomic E-state index is 0.101. The summed E-state index contributed by atoms with van der Waals surface area (Å²) in [6.45, 7) is 2.04. The molecule has 0 saturated heterocycles. The highest BCUT2D eigenvalue weighted by Gasteiger charge is 2.14. The van der Waals surface area contributed by atoms with E-state index < -0.39 is 0 Å². The first-order valence-corrected chi connectivity index (χ1v) is 7.17. The van der Waals surface area contributed by atoms with Gasteiger partial charge in [-0.3, -0.25) is 4.90 Å². The Bertz CT molecular complexity index is 598. The van der Waals surface area contributed by atoms with Crippen LogP contribution >= 0.6 is 0 Å². The van der Waals surface area contributed by atoms with Crippen molar-refractivity contribution in [2.45, 2.75) is 13.1 Å². The number of aliphatic hydroxyl groups excluding tert-OH is 1. The highest BCUT2D eigenvalue weighted by atomic mass is 16.5. The molecule has 0 amide bonds. The Morgan fingerprint density at radius 3 is 2.64 bits per heavy atom. The normalized spacial score (nSPS) is 11.0. The number of rotatable bonds is 8. The maximum atomic E-state index is 9.32. The average Bonchev–Trinajstić information content (AvgIpc) is 2.92. The Balaban J connectivity index is 2.19. The quantitative estimate of drug-likeness (QED) is 0.799. The Morgan fingerprint density at radius 2 is 2.05 bits per heavy atom. The summed E-state index contributed by atoms with van der Waals surface area (Å²) in [7, 11) is 5.23. The maximum absolute atomic E-state index is 9.32. The van der Waals surface area contributed by atoms with E-state index in [0.717, 1.165) is 17.0 Å². The molecule has 0 aliphatic rings. The zero-order valence-electron chi connectivity index (χ0n) is 13.3. The highest BCUT2D eigenvalue weighted by molar-refractivity contribution is 5.46. The van der Waals surface area contributed by atoms with Crippen LogP contribution in [0.2, 0.25) is 0 Å². The van der Waals surface area contributed by atoms with Crippen molar-refractivity contribution < 1.29 is 14.6 Å². The number of aliphatic hydroxyl groups is 1. The number of benzene rings is 1. The summed E-state index contributed by atoms with van der Waals surface area (Å²) in [6.07, 6.45) is 3.62. The molecule has 2 rings (SSSR count). The van der Waals surface area contributed by atoms with Gasteiger partial charge in [0.25, 0.3) is 0 Å². The Labute approximate surface area is 130 Å². The molecule has 0 spiro atoms. The molecule has 1 aromatic carbocycles. The molecule has 6 heteroatoms. The van der Waals surface area contributed by atoms with Gasteiger partial charge in [-0.15, -0.1) is 0 Å². The van der Waals surface area contributed by atoms with E-state index in [4.69, 9.17) is 9.47 Å². The summed E-state index contributed by atoms with van der Waals surface area (Å²) in [5, 5.41) is 9.32. The van der Waals surface area contributed by atoms with Crippen molar-refractivity contribution in [1.29, 1.82) is 0 Å². The first kappa shape index (κ1) is 16.3. The molecule has 1 aromatic heterocycles. The molecule has 6 nitrogen and oxygen atoms in total. The van der Waals surface area contributed by atoms with Crippen LogP contribution in [0.4, 0.5) is 0 Å². The Kier molecular flexibility index (Phi) is 5.80. The largest absolute Gasteiger partial charge is 0.493 e. The number of nitrogens with zero attached hydrogens (tertiary/aromatic N) is 3. The third-order valence-electron chi connectivity index (χ3n) is 3.60. The molecule has 22 heavy (non-hydrogen) atoms.